The number of carbonyl (C=O) groups excluding carboxylic acids is 1. The van der Waals surface area contributed by atoms with E-state index in [4.69, 9.17) is 27.9 Å². The molecule has 7 nitrogen and oxygen atoms in total. The summed E-state index contributed by atoms with van der Waals surface area (Å²) in [5.41, 5.74) is 0.874. The van der Waals surface area contributed by atoms with Gasteiger partial charge >= 0.3 is 5.82 Å². The van der Waals surface area contributed by atoms with Crippen LogP contribution in [0.15, 0.2) is 66.9 Å². The van der Waals surface area contributed by atoms with Crippen molar-refractivity contribution in [2.45, 2.75) is 6.10 Å². The number of ether oxygens (including phenoxy) is 1. The van der Waals surface area contributed by atoms with E-state index in [2.05, 4.69) is 10.3 Å². The van der Waals surface area contributed by atoms with Gasteiger partial charge in [-0.2, -0.15) is 0 Å². The molecule has 0 fully saturated rings. The van der Waals surface area contributed by atoms with Crippen LogP contribution in [0.25, 0.3) is 0 Å². The van der Waals surface area contributed by atoms with Gasteiger partial charge in [-0.1, -0.05) is 53.5 Å². The fourth-order valence-corrected chi connectivity index (χ4v) is 3.00. The van der Waals surface area contributed by atoms with Gasteiger partial charge in [0.05, 0.1) is 0 Å². The van der Waals surface area contributed by atoms with Crippen LogP contribution in [0.4, 0.5) is 11.5 Å². The van der Waals surface area contributed by atoms with Crippen LogP contribution in [0.5, 0.6) is 5.75 Å². The Morgan fingerprint density at radius 1 is 1.07 bits per heavy atom. The Morgan fingerprint density at radius 2 is 1.75 bits per heavy atom. The van der Waals surface area contributed by atoms with Gasteiger partial charge in [-0.05, 0) is 40.2 Å². The van der Waals surface area contributed by atoms with Crippen LogP contribution in [0.1, 0.15) is 11.7 Å². The molecule has 1 unspecified atom stereocenters. The third-order valence-corrected chi connectivity index (χ3v) is 4.08. The number of nitrogens with zero attached hydrogens (tertiary/aromatic N) is 2. The van der Waals surface area contributed by atoms with E-state index in [1.807, 2.05) is 0 Å². The molecule has 0 radical (unpaired) electrons. The van der Waals surface area contributed by atoms with Gasteiger partial charge in [0.25, 0.3) is 5.91 Å². The normalized spacial score (nSPS) is 11.5. The first-order valence-electron chi connectivity index (χ1n) is 8.02. The third-order valence-electron chi connectivity index (χ3n) is 3.64. The quantitative estimate of drug-likeness (QED) is 0.446. The van der Waals surface area contributed by atoms with E-state index < -0.39 is 22.8 Å². The third kappa shape index (κ3) is 4.76. The summed E-state index contributed by atoms with van der Waals surface area (Å²) in [6.07, 6.45) is 0.109. The van der Waals surface area contributed by atoms with Crippen LogP contribution in [-0.4, -0.2) is 15.8 Å². The number of benzene rings is 2. The zero-order valence-corrected chi connectivity index (χ0v) is 15.7. The van der Waals surface area contributed by atoms with E-state index >= 15 is 0 Å². The first-order valence-corrected chi connectivity index (χ1v) is 8.77. The second kappa shape index (κ2) is 8.69. The summed E-state index contributed by atoms with van der Waals surface area (Å²) in [5, 5.41) is 14.6. The zero-order valence-electron chi connectivity index (χ0n) is 14.2. The average Bonchev–Trinajstić information content (AvgIpc) is 2.66. The summed E-state index contributed by atoms with van der Waals surface area (Å²) in [7, 11) is 0. The standard InChI is InChI=1S/C19H13Cl2N3O4/c20-13-9-14(21)11-15(10-13)23-19(25)17(12-5-2-1-3-6-12)28-16-7-4-8-22-18(16)24(26)27/h1-11,17H,(H,23,25). The van der Waals surface area contributed by atoms with Gasteiger partial charge in [0.2, 0.25) is 11.9 Å². The first-order chi connectivity index (χ1) is 13.4. The smallest absolute Gasteiger partial charge is 0.406 e. The number of hydrogen-bond acceptors (Lipinski definition) is 5. The van der Waals surface area contributed by atoms with Gasteiger partial charge < -0.3 is 20.2 Å². The van der Waals surface area contributed by atoms with Crippen molar-refractivity contribution >= 4 is 40.6 Å². The number of anilines is 1. The number of halogens is 2. The summed E-state index contributed by atoms with van der Waals surface area (Å²) in [6.45, 7) is 0. The highest BCUT2D eigenvalue weighted by Crippen LogP contribution is 2.30. The lowest BCUT2D eigenvalue weighted by atomic mass is 10.1. The second-order valence-corrected chi connectivity index (χ2v) is 6.51. The number of aromatic nitrogens is 1. The fourth-order valence-electron chi connectivity index (χ4n) is 2.47. The molecule has 1 atom stereocenters. The lowest BCUT2D eigenvalue weighted by Crippen LogP contribution is -2.26. The summed E-state index contributed by atoms with van der Waals surface area (Å²) in [6, 6.07) is 16.0. The number of amides is 1. The molecule has 2 aromatic carbocycles. The SMILES string of the molecule is O=C(Nc1cc(Cl)cc(Cl)c1)C(Oc1cccnc1[N+](=O)[O-])c1ccccc1. The summed E-state index contributed by atoms with van der Waals surface area (Å²) in [4.78, 5) is 27.1. The van der Waals surface area contributed by atoms with E-state index in [1.165, 1.54) is 36.5 Å². The van der Waals surface area contributed by atoms with Crippen molar-refractivity contribution in [2.75, 3.05) is 5.32 Å². The van der Waals surface area contributed by atoms with Crippen molar-refractivity contribution in [2.24, 2.45) is 0 Å². The first kappa shape index (κ1) is 19.6. The van der Waals surface area contributed by atoms with E-state index in [0.717, 1.165) is 0 Å². The van der Waals surface area contributed by atoms with Gasteiger partial charge in [-0.25, -0.2) is 0 Å². The van der Waals surface area contributed by atoms with Crippen molar-refractivity contribution < 1.29 is 14.5 Å². The monoisotopic (exact) mass is 417 g/mol. The minimum atomic E-state index is -1.16. The molecule has 0 aliphatic rings. The molecule has 9 heteroatoms. The van der Waals surface area contributed by atoms with Crippen LogP contribution in [0.2, 0.25) is 10.0 Å². The second-order valence-electron chi connectivity index (χ2n) is 5.64. The lowest BCUT2D eigenvalue weighted by molar-refractivity contribution is -0.390. The van der Waals surface area contributed by atoms with E-state index in [-0.39, 0.29) is 5.75 Å². The molecule has 0 spiro atoms. The molecule has 1 amide bonds. The molecule has 28 heavy (non-hydrogen) atoms. The highest BCUT2D eigenvalue weighted by Gasteiger charge is 2.27. The number of nitrogens with one attached hydrogen (secondary N) is 1. The maximum absolute atomic E-state index is 12.9. The van der Waals surface area contributed by atoms with Crippen LogP contribution < -0.4 is 10.1 Å². The zero-order chi connectivity index (χ0) is 20.1. The van der Waals surface area contributed by atoms with Crippen LogP contribution in [-0.2, 0) is 4.79 Å². The Hall–Kier alpha value is -3.16. The van der Waals surface area contributed by atoms with Crippen LogP contribution >= 0.6 is 23.2 Å². The highest BCUT2D eigenvalue weighted by molar-refractivity contribution is 6.35. The number of hydrogen-bond donors (Lipinski definition) is 1. The molecule has 0 saturated heterocycles. The molecule has 0 bridgehead atoms. The van der Waals surface area contributed by atoms with Crippen molar-refractivity contribution in [3.05, 3.63) is 92.6 Å². The van der Waals surface area contributed by atoms with Crippen molar-refractivity contribution in [1.29, 1.82) is 0 Å². The molecule has 1 aromatic heterocycles. The van der Waals surface area contributed by atoms with Crippen LogP contribution in [0, 0.1) is 10.1 Å². The summed E-state index contributed by atoms with van der Waals surface area (Å²) in [5.74, 6) is -1.16. The van der Waals surface area contributed by atoms with Gasteiger partial charge in [0.1, 0.15) is 6.20 Å². The molecule has 0 aliphatic heterocycles. The lowest BCUT2D eigenvalue weighted by Gasteiger charge is -2.19. The Bertz CT molecular complexity index is 995. The number of carbonyl (C=O) groups is 1. The average molecular weight is 418 g/mol. The topological polar surface area (TPSA) is 94.4 Å². The molecular formula is C19H13Cl2N3O4. The Morgan fingerprint density at radius 3 is 2.39 bits per heavy atom. The van der Waals surface area contributed by atoms with E-state index in [0.29, 0.717) is 21.3 Å². The number of rotatable bonds is 6. The Kier molecular flexibility index (Phi) is 6.08. The van der Waals surface area contributed by atoms with Gasteiger partial charge in [0.15, 0.2) is 0 Å². The van der Waals surface area contributed by atoms with Crippen LogP contribution in [0.3, 0.4) is 0 Å². The molecular weight excluding hydrogens is 405 g/mol. The number of pyridine rings is 1. The van der Waals surface area contributed by atoms with E-state index in [1.54, 1.807) is 30.3 Å². The van der Waals surface area contributed by atoms with E-state index in [9.17, 15) is 14.9 Å². The van der Waals surface area contributed by atoms with Crippen molar-refractivity contribution in [1.82, 2.24) is 4.98 Å². The summed E-state index contributed by atoms with van der Waals surface area (Å²) >= 11 is 11.9. The summed E-state index contributed by atoms with van der Waals surface area (Å²) < 4.78 is 5.71. The van der Waals surface area contributed by atoms with Crippen molar-refractivity contribution in [3.8, 4) is 5.75 Å². The molecule has 0 saturated carbocycles. The molecule has 3 aromatic rings. The minimum absolute atomic E-state index is 0.124. The minimum Gasteiger partial charge on any atom is -0.467 e. The van der Waals surface area contributed by atoms with Gasteiger partial charge in [0, 0.05) is 21.3 Å². The number of nitro groups is 1. The fraction of sp³-hybridized carbons (Fsp3) is 0.0526. The van der Waals surface area contributed by atoms with Crippen molar-refractivity contribution in [3.63, 3.8) is 0 Å². The Labute approximate surface area is 170 Å². The van der Waals surface area contributed by atoms with Gasteiger partial charge in [-0.15, -0.1) is 0 Å². The molecule has 0 aliphatic carbocycles. The molecule has 1 N–H and O–H groups in total. The van der Waals surface area contributed by atoms with Gasteiger partial charge in [-0.3, -0.25) is 4.79 Å². The molecule has 3 rings (SSSR count). The largest absolute Gasteiger partial charge is 0.467 e. The maximum Gasteiger partial charge on any atom is 0.406 e. The maximum atomic E-state index is 12.9. The predicted molar refractivity (Wildman–Crippen MR) is 106 cm³/mol. The molecule has 1 heterocycles. The Balaban J connectivity index is 1.94. The predicted octanol–water partition coefficient (Wildman–Crippen LogP) is 5.06. The molecule has 142 valence electrons. The highest BCUT2D eigenvalue weighted by atomic mass is 35.5.